The van der Waals surface area contributed by atoms with Crippen LogP contribution >= 0.6 is 0 Å². The van der Waals surface area contributed by atoms with Gasteiger partial charge >= 0.3 is 6.18 Å². The molecule has 0 saturated carbocycles. The number of hydrogen-bond acceptors (Lipinski definition) is 5. The van der Waals surface area contributed by atoms with Crippen molar-refractivity contribution in [2.45, 2.75) is 25.1 Å². The molecule has 0 amide bonds. The average Bonchev–Trinajstić information content (AvgIpc) is 2.84. The standard InChI is InChI=1S/C11H13F3N6/c12-11(13,14)8-4-9(19-3-1-2-7(15)5-19)20-10(18-8)16-6-17-20/h4,6-7H,1-3,5,15H2. The van der Waals surface area contributed by atoms with Crippen LogP contribution in [0.15, 0.2) is 12.4 Å². The molecule has 1 aliphatic rings. The lowest BCUT2D eigenvalue weighted by Crippen LogP contribution is -2.43. The first-order chi connectivity index (χ1) is 9.45. The Balaban J connectivity index is 2.10. The number of rotatable bonds is 1. The van der Waals surface area contributed by atoms with E-state index in [1.807, 2.05) is 0 Å². The average molecular weight is 286 g/mol. The molecule has 1 atom stereocenters. The molecule has 0 spiro atoms. The first-order valence-electron chi connectivity index (χ1n) is 6.23. The van der Waals surface area contributed by atoms with Crippen LogP contribution in [0.5, 0.6) is 0 Å². The van der Waals surface area contributed by atoms with Gasteiger partial charge in [0.25, 0.3) is 5.78 Å². The molecular formula is C11H13F3N6. The number of halogens is 3. The van der Waals surface area contributed by atoms with Gasteiger partial charge in [0.15, 0.2) is 5.69 Å². The summed E-state index contributed by atoms with van der Waals surface area (Å²) in [7, 11) is 0. The highest BCUT2D eigenvalue weighted by Crippen LogP contribution is 2.31. The van der Waals surface area contributed by atoms with Crippen molar-refractivity contribution in [2.75, 3.05) is 18.0 Å². The third kappa shape index (κ3) is 2.28. The molecule has 1 unspecified atom stereocenters. The number of fused-ring (bicyclic) bond motifs is 1. The Morgan fingerprint density at radius 3 is 2.85 bits per heavy atom. The molecule has 6 nitrogen and oxygen atoms in total. The SMILES string of the molecule is NC1CCCN(c2cc(C(F)(F)F)nc3ncnn23)C1. The molecule has 20 heavy (non-hydrogen) atoms. The largest absolute Gasteiger partial charge is 0.433 e. The highest BCUT2D eigenvalue weighted by atomic mass is 19.4. The molecule has 3 heterocycles. The molecule has 0 aromatic carbocycles. The highest BCUT2D eigenvalue weighted by molar-refractivity contribution is 5.48. The highest BCUT2D eigenvalue weighted by Gasteiger charge is 2.35. The topological polar surface area (TPSA) is 72.3 Å². The lowest BCUT2D eigenvalue weighted by Gasteiger charge is -2.32. The molecule has 0 aliphatic carbocycles. The van der Waals surface area contributed by atoms with E-state index >= 15 is 0 Å². The van der Waals surface area contributed by atoms with Crippen molar-refractivity contribution in [1.82, 2.24) is 19.6 Å². The third-order valence-corrected chi connectivity index (χ3v) is 3.31. The van der Waals surface area contributed by atoms with Crippen LogP contribution in [-0.4, -0.2) is 38.7 Å². The van der Waals surface area contributed by atoms with Crippen LogP contribution in [-0.2, 0) is 6.18 Å². The lowest BCUT2D eigenvalue weighted by atomic mass is 10.1. The fourth-order valence-electron chi connectivity index (χ4n) is 2.39. The van der Waals surface area contributed by atoms with Crippen molar-refractivity contribution >= 4 is 11.6 Å². The fraction of sp³-hybridized carbons (Fsp3) is 0.545. The van der Waals surface area contributed by atoms with Gasteiger partial charge in [-0.3, -0.25) is 0 Å². The summed E-state index contributed by atoms with van der Waals surface area (Å²) in [5, 5.41) is 3.94. The Morgan fingerprint density at radius 2 is 2.15 bits per heavy atom. The number of anilines is 1. The van der Waals surface area contributed by atoms with Gasteiger partial charge < -0.3 is 10.6 Å². The zero-order chi connectivity index (χ0) is 14.3. The fourth-order valence-corrected chi connectivity index (χ4v) is 2.39. The number of nitrogens with two attached hydrogens (primary N) is 1. The van der Waals surface area contributed by atoms with E-state index in [2.05, 4.69) is 15.1 Å². The molecule has 2 N–H and O–H groups in total. The molecule has 2 aromatic rings. The van der Waals surface area contributed by atoms with Crippen LogP contribution in [0.4, 0.5) is 19.0 Å². The Kier molecular flexibility index (Phi) is 3.00. The van der Waals surface area contributed by atoms with Crippen molar-refractivity contribution < 1.29 is 13.2 Å². The molecule has 1 saturated heterocycles. The number of aromatic nitrogens is 4. The summed E-state index contributed by atoms with van der Waals surface area (Å²) in [6, 6.07) is 0.949. The number of piperidine rings is 1. The molecule has 108 valence electrons. The predicted molar refractivity (Wildman–Crippen MR) is 65.2 cm³/mol. The van der Waals surface area contributed by atoms with Crippen LogP contribution in [0.25, 0.3) is 5.78 Å². The van der Waals surface area contributed by atoms with E-state index < -0.39 is 11.9 Å². The molecule has 0 radical (unpaired) electrons. The Morgan fingerprint density at radius 1 is 1.35 bits per heavy atom. The van der Waals surface area contributed by atoms with Crippen LogP contribution in [0, 0.1) is 0 Å². The van der Waals surface area contributed by atoms with E-state index in [0.29, 0.717) is 18.9 Å². The summed E-state index contributed by atoms with van der Waals surface area (Å²) >= 11 is 0. The maximum Gasteiger partial charge on any atom is 0.433 e. The number of alkyl halides is 3. The van der Waals surface area contributed by atoms with Gasteiger partial charge in [-0.05, 0) is 12.8 Å². The summed E-state index contributed by atoms with van der Waals surface area (Å²) in [5.41, 5.74) is 4.92. The molecular weight excluding hydrogens is 273 g/mol. The monoisotopic (exact) mass is 286 g/mol. The molecule has 9 heteroatoms. The maximum atomic E-state index is 12.9. The predicted octanol–water partition coefficient (Wildman–Crippen LogP) is 1.07. The molecule has 3 rings (SSSR count). The number of hydrogen-bond donors (Lipinski definition) is 1. The van der Waals surface area contributed by atoms with Gasteiger partial charge in [0.2, 0.25) is 0 Å². The number of nitrogens with zero attached hydrogens (tertiary/aromatic N) is 5. The Bertz CT molecular complexity index is 622. The second kappa shape index (κ2) is 4.58. The van der Waals surface area contributed by atoms with Crippen molar-refractivity contribution in [3.8, 4) is 0 Å². The van der Waals surface area contributed by atoms with Crippen LogP contribution < -0.4 is 10.6 Å². The zero-order valence-electron chi connectivity index (χ0n) is 10.5. The minimum absolute atomic E-state index is 0.0511. The minimum atomic E-state index is -4.51. The van der Waals surface area contributed by atoms with Crippen LogP contribution in [0.1, 0.15) is 18.5 Å². The van der Waals surface area contributed by atoms with Crippen LogP contribution in [0.3, 0.4) is 0 Å². The first kappa shape index (κ1) is 13.1. The molecule has 2 aromatic heterocycles. The van der Waals surface area contributed by atoms with Crippen molar-refractivity contribution in [2.24, 2.45) is 5.73 Å². The second-order valence-corrected chi connectivity index (χ2v) is 4.82. The maximum absolute atomic E-state index is 12.9. The summed E-state index contributed by atoms with van der Waals surface area (Å²) in [4.78, 5) is 9.04. The quantitative estimate of drug-likeness (QED) is 0.849. The third-order valence-electron chi connectivity index (χ3n) is 3.31. The molecule has 0 bridgehead atoms. The van der Waals surface area contributed by atoms with Gasteiger partial charge in [-0.2, -0.15) is 27.8 Å². The minimum Gasteiger partial charge on any atom is -0.355 e. The zero-order valence-corrected chi connectivity index (χ0v) is 10.5. The summed E-state index contributed by atoms with van der Waals surface area (Å²) in [5.74, 6) is 0.268. The summed E-state index contributed by atoms with van der Waals surface area (Å²) in [6.45, 7) is 1.14. The second-order valence-electron chi connectivity index (χ2n) is 4.82. The van der Waals surface area contributed by atoms with Gasteiger partial charge in [-0.25, -0.2) is 4.98 Å². The van der Waals surface area contributed by atoms with Gasteiger partial charge in [0, 0.05) is 25.2 Å². The van der Waals surface area contributed by atoms with E-state index in [0.717, 1.165) is 18.9 Å². The van der Waals surface area contributed by atoms with E-state index in [9.17, 15) is 13.2 Å². The molecule has 1 aliphatic heterocycles. The molecule has 1 fully saturated rings. The van der Waals surface area contributed by atoms with Crippen LogP contribution in [0.2, 0.25) is 0 Å². The Labute approximate surface area is 112 Å². The van der Waals surface area contributed by atoms with Gasteiger partial charge in [0.05, 0.1) is 0 Å². The van der Waals surface area contributed by atoms with E-state index in [-0.39, 0.29) is 11.8 Å². The normalized spacial score (nSPS) is 20.6. The van der Waals surface area contributed by atoms with E-state index in [1.54, 1.807) is 4.90 Å². The summed E-state index contributed by atoms with van der Waals surface area (Å²) in [6.07, 6.45) is -1.62. The van der Waals surface area contributed by atoms with Gasteiger partial charge in [0.1, 0.15) is 12.1 Å². The van der Waals surface area contributed by atoms with E-state index in [4.69, 9.17) is 5.73 Å². The Hall–Kier alpha value is -1.90. The van der Waals surface area contributed by atoms with Crippen molar-refractivity contribution in [3.63, 3.8) is 0 Å². The van der Waals surface area contributed by atoms with E-state index in [1.165, 1.54) is 10.8 Å². The van der Waals surface area contributed by atoms with Gasteiger partial charge in [-0.15, -0.1) is 0 Å². The summed E-state index contributed by atoms with van der Waals surface area (Å²) < 4.78 is 40.0. The first-order valence-corrected chi connectivity index (χ1v) is 6.23. The lowest BCUT2D eigenvalue weighted by molar-refractivity contribution is -0.141. The van der Waals surface area contributed by atoms with Crippen molar-refractivity contribution in [3.05, 3.63) is 18.1 Å². The van der Waals surface area contributed by atoms with Crippen molar-refractivity contribution in [1.29, 1.82) is 0 Å². The van der Waals surface area contributed by atoms with Gasteiger partial charge in [-0.1, -0.05) is 0 Å². The smallest absolute Gasteiger partial charge is 0.355 e.